The van der Waals surface area contributed by atoms with Crippen LogP contribution in [0.5, 0.6) is 0 Å². The molecule has 4 rings (SSSR count). The molecule has 0 atom stereocenters. The summed E-state index contributed by atoms with van der Waals surface area (Å²) in [7, 11) is 0. The van der Waals surface area contributed by atoms with Crippen molar-refractivity contribution in [2.24, 2.45) is 0 Å². The first-order valence-corrected chi connectivity index (χ1v) is 9.24. The summed E-state index contributed by atoms with van der Waals surface area (Å²) >= 11 is 1.24. The molecule has 0 aromatic carbocycles. The molecular weight excluding hydrogens is 373 g/mol. The Labute approximate surface area is 157 Å². The molecule has 0 saturated heterocycles. The molecule has 1 aliphatic carbocycles. The Morgan fingerprint density at radius 2 is 2.19 bits per heavy atom. The highest BCUT2D eigenvalue weighted by Crippen LogP contribution is 2.20. The van der Waals surface area contributed by atoms with Gasteiger partial charge in [0, 0.05) is 23.8 Å². The molecule has 1 saturated carbocycles. The molecule has 140 valence electrons. The fourth-order valence-corrected chi connectivity index (χ4v) is 3.15. The molecule has 3 aromatic heterocycles. The third-order valence-electron chi connectivity index (χ3n) is 3.88. The third kappa shape index (κ3) is 4.40. The number of fused-ring (bicyclic) bond motifs is 1. The van der Waals surface area contributed by atoms with Crippen molar-refractivity contribution in [1.29, 1.82) is 0 Å². The van der Waals surface area contributed by atoms with E-state index in [0.717, 1.165) is 12.8 Å². The van der Waals surface area contributed by atoms with Crippen LogP contribution in [0.3, 0.4) is 0 Å². The SMILES string of the molecule is O=C(Nc1nc(CC(=O)OCc2cn3cccc(F)c3n2)cs1)NC1CC1. The molecular formula is C17H16FN5O3S. The van der Waals surface area contributed by atoms with Gasteiger partial charge in [0.2, 0.25) is 0 Å². The lowest BCUT2D eigenvalue weighted by Crippen LogP contribution is -2.30. The quantitative estimate of drug-likeness (QED) is 0.632. The van der Waals surface area contributed by atoms with E-state index in [9.17, 15) is 14.0 Å². The molecule has 2 amide bonds. The Morgan fingerprint density at radius 3 is 2.96 bits per heavy atom. The first kappa shape index (κ1) is 17.4. The molecule has 1 fully saturated rings. The minimum Gasteiger partial charge on any atom is -0.459 e. The number of nitrogens with one attached hydrogen (secondary N) is 2. The predicted molar refractivity (Wildman–Crippen MR) is 95.9 cm³/mol. The van der Waals surface area contributed by atoms with E-state index in [-0.39, 0.29) is 30.7 Å². The number of rotatable bonds is 6. The molecule has 3 aromatic rings. The third-order valence-corrected chi connectivity index (χ3v) is 4.68. The highest BCUT2D eigenvalue weighted by atomic mass is 32.1. The Bertz CT molecular complexity index is 998. The van der Waals surface area contributed by atoms with Crippen LogP contribution in [0.1, 0.15) is 24.2 Å². The largest absolute Gasteiger partial charge is 0.459 e. The van der Waals surface area contributed by atoms with Crippen LogP contribution in [0.4, 0.5) is 14.3 Å². The number of hydrogen-bond donors (Lipinski definition) is 2. The number of carbonyl (C=O) groups is 2. The lowest BCUT2D eigenvalue weighted by Gasteiger charge is -2.02. The number of hydrogen-bond acceptors (Lipinski definition) is 6. The zero-order chi connectivity index (χ0) is 18.8. The standard InChI is InChI=1S/C17H16FN5O3S/c18-13-2-1-5-23-7-12(19-15(13)23)8-26-14(24)6-11-9-27-17(21-11)22-16(25)20-10-3-4-10/h1-2,5,7,9-10H,3-4,6,8H2,(H2,20,21,22,25). The number of ether oxygens (including phenoxy) is 1. The number of thiazole rings is 1. The maximum absolute atomic E-state index is 13.6. The number of halogens is 1. The normalized spacial score (nSPS) is 13.5. The highest BCUT2D eigenvalue weighted by molar-refractivity contribution is 7.13. The van der Waals surface area contributed by atoms with Gasteiger partial charge < -0.3 is 14.5 Å². The van der Waals surface area contributed by atoms with Crippen LogP contribution in [0.2, 0.25) is 0 Å². The number of esters is 1. The fourth-order valence-electron chi connectivity index (χ4n) is 2.44. The molecule has 8 nitrogen and oxygen atoms in total. The van der Waals surface area contributed by atoms with E-state index in [1.165, 1.54) is 21.8 Å². The van der Waals surface area contributed by atoms with Gasteiger partial charge in [0.15, 0.2) is 16.6 Å². The van der Waals surface area contributed by atoms with Gasteiger partial charge >= 0.3 is 12.0 Å². The molecule has 0 radical (unpaired) electrons. The van der Waals surface area contributed by atoms with Gasteiger partial charge in [0.1, 0.15) is 6.61 Å². The minimum atomic E-state index is -0.480. The van der Waals surface area contributed by atoms with Crippen LogP contribution < -0.4 is 10.6 Å². The van der Waals surface area contributed by atoms with Gasteiger partial charge in [0.25, 0.3) is 0 Å². The first-order chi connectivity index (χ1) is 13.1. The number of nitrogens with zero attached hydrogens (tertiary/aromatic N) is 3. The van der Waals surface area contributed by atoms with Crippen LogP contribution in [-0.2, 0) is 22.6 Å². The van der Waals surface area contributed by atoms with Crippen LogP contribution in [0, 0.1) is 5.82 Å². The van der Waals surface area contributed by atoms with Gasteiger partial charge in [0.05, 0.1) is 17.8 Å². The second-order valence-corrected chi connectivity index (χ2v) is 7.03. The zero-order valence-electron chi connectivity index (χ0n) is 14.1. The van der Waals surface area contributed by atoms with Crippen molar-refractivity contribution in [3.05, 3.63) is 47.1 Å². The number of imidazole rings is 1. The minimum absolute atomic E-state index is 0.0237. The van der Waals surface area contributed by atoms with E-state index in [0.29, 0.717) is 16.5 Å². The summed E-state index contributed by atoms with van der Waals surface area (Å²) in [5, 5.41) is 7.55. The summed E-state index contributed by atoms with van der Waals surface area (Å²) in [6, 6.07) is 2.85. The first-order valence-electron chi connectivity index (χ1n) is 8.36. The van der Waals surface area contributed by atoms with Crippen molar-refractivity contribution in [2.75, 3.05) is 5.32 Å². The molecule has 0 bridgehead atoms. The maximum atomic E-state index is 13.6. The summed E-state index contributed by atoms with van der Waals surface area (Å²) in [5.74, 6) is -0.921. The zero-order valence-corrected chi connectivity index (χ0v) is 15.0. The number of amides is 2. The molecule has 27 heavy (non-hydrogen) atoms. The molecule has 0 aliphatic heterocycles. The smallest absolute Gasteiger partial charge is 0.321 e. The number of anilines is 1. The summed E-state index contributed by atoms with van der Waals surface area (Å²) < 4.78 is 20.3. The number of aromatic nitrogens is 3. The van der Waals surface area contributed by atoms with Crippen LogP contribution >= 0.6 is 11.3 Å². The molecule has 0 spiro atoms. The van der Waals surface area contributed by atoms with E-state index < -0.39 is 11.8 Å². The Hall–Kier alpha value is -3.01. The molecule has 3 heterocycles. The average molecular weight is 389 g/mol. The molecule has 1 aliphatic rings. The number of carbonyl (C=O) groups excluding carboxylic acids is 2. The lowest BCUT2D eigenvalue weighted by atomic mass is 10.3. The van der Waals surface area contributed by atoms with Crippen molar-refractivity contribution in [3.8, 4) is 0 Å². The average Bonchev–Trinajstić information content (AvgIpc) is 3.16. The van der Waals surface area contributed by atoms with E-state index in [2.05, 4.69) is 20.6 Å². The van der Waals surface area contributed by atoms with Gasteiger partial charge in [-0.15, -0.1) is 11.3 Å². The van der Waals surface area contributed by atoms with Crippen molar-refractivity contribution in [2.45, 2.75) is 31.9 Å². The maximum Gasteiger partial charge on any atom is 0.321 e. The second-order valence-electron chi connectivity index (χ2n) is 6.17. The van der Waals surface area contributed by atoms with E-state index >= 15 is 0 Å². The lowest BCUT2D eigenvalue weighted by molar-refractivity contribution is -0.144. The number of urea groups is 1. The van der Waals surface area contributed by atoms with E-state index in [1.807, 2.05) is 0 Å². The molecule has 10 heteroatoms. The highest BCUT2D eigenvalue weighted by Gasteiger charge is 2.23. The Morgan fingerprint density at radius 1 is 1.33 bits per heavy atom. The molecule has 0 unspecified atom stereocenters. The summed E-state index contributed by atoms with van der Waals surface area (Å²) in [6.07, 6.45) is 5.25. The Kier molecular flexibility index (Phi) is 4.71. The topological polar surface area (TPSA) is 97.6 Å². The van der Waals surface area contributed by atoms with Crippen molar-refractivity contribution in [3.63, 3.8) is 0 Å². The Balaban J connectivity index is 1.28. The van der Waals surface area contributed by atoms with Crippen LogP contribution in [-0.4, -0.2) is 32.4 Å². The van der Waals surface area contributed by atoms with Crippen LogP contribution in [0.25, 0.3) is 5.65 Å². The molecule has 2 N–H and O–H groups in total. The number of pyridine rings is 1. The summed E-state index contributed by atoms with van der Waals surface area (Å²) in [6.45, 7) is -0.0566. The predicted octanol–water partition coefficient (Wildman–Crippen LogP) is 2.50. The van der Waals surface area contributed by atoms with E-state index in [4.69, 9.17) is 4.74 Å². The van der Waals surface area contributed by atoms with Gasteiger partial charge in [-0.1, -0.05) is 0 Å². The van der Waals surface area contributed by atoms with Crippen LogP contribution in [0.15, 0.2) is 29.9 Å². The van der Waals surface area contributed by atoms with Gasteiger partial charge in [-0.05, 0) is 25.0 Å². The van der Waals surface area contributed by atoms with Crippen molar-refractivity contribution < 1.29 is 18.7 Å². The van der Waals surface area contributed by atoms with Gasteiger partial charge in [-0.2, -0.15) is 0 Å². The van der Waals surface area contributed by atoms with Crippen molar-refractivity contribution in [1.82, 2.24) is 19.7 Å². The summed E-state index contributed by atoms with van der Waals surface area (Å²) in [5.41, 5.74) is 1.14. The van der Waals surface area contributed by atoms with Crippen molar-refractivity contribution >= 4 is 34.1 Å². The van der Waals surface area contributed by atoms with Gasteiger partial charge in [-0.25, -0.2) is 19.2 Å². The van der Waals surface area contributed by atoms with E-state index in [1.54, 1.807) is 23.8 Å². The summed E-state index contributed by atoms with van der Waals surface area (Å²) in [4.78, 5) is 32.0. The second kappa shape index (κ2) is 7.31. The monoisotopic (exact) mass is 389 g/mol. The fraction of sp³-hybridized carbons (Fsp3) is 0.294. The van der Waals surface area contributed by atoms with Gasteiger partial charge in [-0.3, -0.25) is 10.1 Å².